The second kappa shape index (κ2) is 4.44. The predicted octanol–water partition coefficient (Wildman–Crippen LogP) is 0.741. The van der Waals surface area contributed by atoms with Crippen LogP contribution in [0.5, 0.6) is 11.6 Å². The summed E-state index contributed by atoms with van der Waals surface area (Å²) in [5.74, 6) is -0.851. The molecule has 0 unspecified atom stereocenters. The first-order chi connectivity index (χ1) is 7.37. The molecule has 0 saturated carbocycles. The Labute approximate surface area is 88.0 Å². The first kappa shape index (κ1) is 12.4. The summed E-state index contributed by atoms with van der Waals surface area (Å²) < 4.78 is 44.0. The largest absolute Gasteiger partial charge is 0.573 e. The Bertz CT molecular complexity index is 428. The van der Waals surface area contributed by atoms with E-state index in [9.17, 15) is 18.0 Å². The molecule has 5 nitrogen and oxygen atoms in total. The minimum Gasteiger partial charge on any atom is -0.482 e. The van der Waals surface area contributed by atoms with E-state index >= 15 is 0 Å². The molecule has 0 aliphatic rings. The van der Waals surface area contributed by atoms with E-state index in [0.29, 0.717) is 0 Å². The number of pyridine rings is 1. The molecule has 8 heteroatoms. The fourth-order valence-electron chi connectivity index (χ4n) is 1.07. The normalized spacial score (nSPS) is 11.3. The Morgan fingerprint density at radius 1 is 1.50 bits per heavy atom. The van der Waals surface area contributed by atoms with Gasteiger partial charge in [0.05, 0.1) is 7.11 Å². The molecule has 1 heterocycles. The minimum atomic E-state index is -4.92. The molecule has 0 fully saturated rings. The van der Waals surface area contributed by atoms with E-state index in [1.165, 1.54) is 7.11 Å². The molecule has 0 saturated heterocycles. The van der Waals surface area contributed by atoms with E-state index in [0.717, 1.165) is 6.07 Å². The van der Waals surface area contributed by atoms with Gasteiger partial charge in [0.1, 0.15) is 0 Å². The third-order valence-corrected chi connectivity index (χ3v) is 1.70. The third kappa shape index (κ3) is 2.89. The Kier molecular flexibility index (Phi) is 3.43. The zero-order valence-corrected chi connectivity index (χ0v) is 8.22. The zero-order chi connectivity index (χ0) is 12.3. The van der Waals surface area contributed by atoms with E-state index in [-0.39, 0.29) is 18.0 Å². The third-order valence-electron chi connectivity index (χ3n) is 1.70. The smallest absolute Gasteiger partial charge is 0.482 e. The summed E-state index contributed by atoms with van der Waals surface area (Å²) in [5.41, 5.74) is 4.44. The number of hydrogen-bond acceptors (Lipinski definition) is 4. The van der Waals surface area contributed by atoms with Gasteiger partial charge in [0, 0.05) is 12.1 Å². The number of H-pyrrole nitrogens is 1. The number of nitrogens with two attached hydrogens (primary N) is 1. The molecule has 0 spiro atoms. The molecular formula is C8H9F3N2O3. The summed E-state index contributed by atoms with van der Waals surface area (Å²) in [6, 6.07) is 0.894. The van der Waals surface area contributed by atoms with Crippen LogP contribution in [-0.4, -0.2) is 18.5 Å². The Hall–Kier alpha value is -1.70. The minimum absolute atomic E-state index is 0.0158. The van der Waals surface area contributed by atoms with Crippen molar-refractivity contribution in [3.05, 3.63) is 22.0 Å². The molecule has 0 bridgehead atoms. The van der Waals surface area contributed by atoms with E-state index < -0.39 is 17.7 Å². The van der Waals surface area contributed by atoms with Crippen molar-refractivity contribution in [2.75, 3.05) is 7.11 Å². The highest BCUT2D eigenvalue weighted by Gasteiger charge is 2.32. The quantitative estimate of drug-likeness (QED) is 0.814. The van der Waals surface area contributed by atoms with Crippen LogP contribution in [0.2, 0.25) is 0 Å². The molecule has 0 aliphatic carbocycles. The van der Waals surface area contributed by atoms with Gasteiger partial charge in [-0.2, -0.15) is 0 Å². The van der Waals surface area contributed by atoms with Gasteiger partial charge in [0.25, 0.3) is 5.56 Å². The highest BCUT2D eigenvalue weighted by atomic mass is 19.4. The monoisotopic (exact) mass is 238 g/mol. The Morgan fingerprint density at radius 3 is 2.56 bits per heavy atom. The fourth-order valence-corrected chi connectivity index (χ4v) is 1.07. The van der Waals surface area contributed by atoms with Crippen molar-refractivity contribution < 1.29 is 22.6 Å². The number of alkyl halides is 3. The van der Waals surface area contributed by atoms with Crippen LogP contribution >= 0.6 is 0 Å². The molecule has 90 valence electrons. The number of hydrogen-bond donors (Lipinski definition) is 2. The number of rotatable bonds is 3. The van der Waals surface area contributed by atoms with E-state index in [4.69, 9.17) is 10.5 Å². The average Bonchev–Trinajstić information content (AvgIpc) is 2.18. The lowest BCUT2D eigenvalue weighted by Gasteiger charge is -2.11. The van der Waals surface area contributed by atoms with Crippen LogP contribution in [0.4, 0.5) is 13.2 Å². The highest BCUT2D eigenvalue weighted by Crippen LogP contribution is 2.22. The fraction of sp³-hybridized carbons (Fsp3) is 0.375. The molecular weight excluding hydrogens is 229 g/mol. The molecule has 0 aliphatic heterocycles. The van der Waals surface area contributed by atoms with Crippen molar-refractivity contribution in [3.8, 4) is 11.6 Å². The molecule has 3 N–H and O–H groups in total. The maximum absolute atomic E-state index is 11.9. The average molecular weight is 238 g/mol. The molecule has 1 rings (SSSR count). The first-order valence-corrected chi connectivity index (χ1v) is 4.13. The number of aromatic nitrogens is 1. The number of nitrogens with one attached hydrogen (secondary N) is 1. The van der Waals surface area contributed by atoms with Gasteiger partial charge in [-0.15, -0.1) is 13.2 Å². The summed E-state index contributed by atoms with van der Waals surface area (Å²) in [6.07, 6.45) is -4.92. The van der Waals surface area contributed by atoms with Gasteiger partial charge in [-0.05, 0) is 6.07 Å². The van der Waals surface area contributed by atoms with Crippen LogP contribution in [0.15, 0.2) is 10.9 Å². The van der Waals surface area contributed by atoms with E-state index in [1.807, 2.05) is 0 Å². The van der Waals surface area contributed by atoms with Gasteiger partial charge in [0.15, 0.2) is 11.6 Å². The molecule has 0 radical (unpaired) electrons. The summed E-state index contributed by atoms with van der Waals surface area (Å²) in [4.78, 5) is 13.2. The summed E-state index contributed by atoms with van der Waals surface area (Å²) in [6.45, 7) is -0.0891. The maximum Gasteiger partial charge on any atom is 0.573 e. The number of aromatic amines is 1. The van der Waals surface area contributed by atoms with Crippen LogP contribution in [0.1, 0.15) is 5.56 Å². The van der Waals surface area contributed by atoms with Gasteiger partial charge in [-0.3, -0.25) is 9.78 Å². The predicted molar refractivity (Wildman–Crippen MR) is 48.2 cm³/mol. The van der Waals surface area contributed by atoms with Crippen molar-refractivity contribution in [1.82, 2.24) is 4.98 Å². The maximum atomic E-state index is 11.9. The first-order valence-electron chi connectivity index (χ1n) is 4.13. The standard InChI is InChI=1S/C8H9F3N2O3/c1-15-7-4(3-12)2-5(6(14)13-7)16-8(9,10)11/h2H,3,12H2,1H3,(H,13,14). The molecule has 1 aromatic heterocycles. The molecule has 0 aromatic carbocycles. The zero-order valence-electron chi connectivity index (χ0n) is 8.22. The number of ether oxygens (including phenoxy) is 2. The lowest BCUT2D eigenvalue weighted by molar-refractivity contribution is -0.275. The number of methoxy groups -OCH3 is 1. The summed E-state index contributed by atoms with van der Waals surface area (Å²) >= 11 is 0. The molecule has 16 heavy (non-hydrogen) atoms. The second-order valence-electron chi connectivity index (χ2n) is 2.77. The van der Waals surface area contributed by atoms with Gasteiger partial charge >= 0.3 is 6.36 Å². The van der Waals surface area contributed by atoms with Gasteiger partial charge < -0.3 is 15.2 Å². The van der Waals surface area contributed by atoms with Crippen LogP contribution in [0, 0.1) is 0 Å². The Balaban J connectivity index is 3.17. The summed E-state index contributed by atoms with van der Waals surface area (Å²) in [5, 5.41) is 0. The lowest BCUT2D eigenvalue weighted by atomic mass is 10.2. The SMILES string of the molecule is COc1[nH]c(=O)c(OC(F)(F)F)cc1CN. The topological polar surface area (TPSA) is 77.3 Å². The summed E-state index contributed by atoms with van der Waals surface area (Å²) in [7, 11) is 1.26. The van der Waals surface area contributed by atoms with Gasteiger partial charge in [-0.25, -0.2) is 0 Å². The van der Waals surface area contributed by atoms with Gasteiger partial charge in [0.2, 0.25) is 0 Å². The second-order valence-corrected chi connectivity index (χ2v) is 2.77. The Morgan fingerprint density at radius 2 is 2.12 bits per heavy atom. The van der Waals surface area contributed by atoms with Gasteiger partial charge in [-0.1, -0.05) is 0 Å². The van der Waals surface area contributed by atoms with Crippen molar-refractivity contribution >= 4 is 0 Å². The van der Waals surface area contributed by atoms with Crippen LogP contribution < -0.4 is 20.8 Å². The molecule has 1 aromatic rings. The van der Waals surface area contributed by atoms with E-state index in [1.54, 1.807) is 0 Å². The van der Waals surface area contributed by atoms with Crippen LogP contribution in [-0.2, 0) is 6.54 Å². The molecule has 0 amide bonds. The van der Waals surface area contributed by atoms with Crippen LogP contribution in [0.25, 0.3) is 0 Å². The number of halogens is 3. The van der Waals surface area contributed by atoms with E-state index in [2.05, 4.69) is 9.72 Å². The van der Waals surface area contributed by atoms with Crippen molar-refractivity contribution in [1.29, 1.82) is 0 Å². The lowest BCUT2D eigenvalue weighted by Crippen LogP contribution is -2.23. The van der Waals surface area contributed by atoms with Crippen molar-refractivity contribution in [2.45, 2.75) is 12.9 Å². The van der Waals surface area contributed by atoms with Crippen LogP contribution in [0.3, 0.4) is 0 Å². The highest BCUT2D eigenvalue weighted by molar-refractivity contribution is 5.33. The molecule has 0 atom stereocenters. The van der Waals surface area contributed by atoms with Crippen molar-refractivity contribution in [2.24, 2.45) is 5.73 Å². The van der Waals surface area contributed by atoms with Crippen molar-refractivity contribution in [3.63, 3.8) is 0 Å².